The van der Waals surface area contributed by atoms with E-state index in [1.807, 2.05) is 6.92 Å². The first-order valence-electron chi connectivity index (χ1n) is 6.97. The molecule has 1 aromatic carbocycles. The number of β-amino-alcohol motifs (C(OH)–C–C–N with tert-alkyl or cyclic N) is 1. The molecule has 1 aliphatic rings. The van der Waals surface area contributed by atoms with Gasteiger partial charge >= 0.3 is 0 Å². The second-order valence-electron chi connectivity index (χ2n) is 5.45. The van der Waals surface area contributed by atoms with Crippen LogP contribution >= 0.6 is 12.4 Å². The van der Waals surface area contributed by atoms with Gasteiger partial charge in [0.05, 0.1) is 6.10 Å². The van der Waals surface area contributed by atoms with Gasteiger partial charge in [-0.25, -0.2) is 4.39 Å². The number of benzene rings is 1. The van der Waals surface area contributed by atoms with Crippen LogP contribution in [0.15, 0.2) is 24.3 Å². The van der Waals surface area contributed by atoms with Crippen LogP contribution in [0.1, 0.15) is 24.8 Å². The molecule has 21 heavy (non-hydrogen) atoms. The standard InChI is InChI=1S/C15H21FN2O2.ClH/c1-10(11-2-4-13(16)5-3-11)6-15(20)18-8-12-7-17-9-14(12)19;/h2-5,10,12,14,17,19H,6-9H2,1H3,(H,18,20);1H. The van der Waals surface area contributed by atoms with Crippen LogP contribution in [0, 0.1) is 11.7 Å². The largest absolute Gasteiger partial charge is 0.391 e. The van der Waals surface area contributed by atoms with Crippen molar-refractivity contribution >= 4 is 18.3 Å². The van der Waals surface area contributed by atoms with Crippen molar-refractivity contribution in [3.8, 4) is 0 Å². The van der Waals surface area contributed by atoms with Gasteiger partial charge in [-0.15, -0.1) is 12.4 Å². The van der Waals surface area contributed by atoms with Crippen molar-refractivity contribution in [2.45, 2.75) is 25.4 Å². The fraction of sp³-hybridized carbons (Fsp3) is 0.533. The lowest BCUT2D eigenvalue weighted by Crippen LogP contribution is -2.34. The zero-order valence-corrected chi connectivity index (χ0v) is 12.8. The Hall–Kier alpha value is -1.17. The summed E-state index contributed by atoms with van der Waals surface area (Å²) in [5.74, 6) is -0.184. The molecule has 1 aromatic rings. The van der Waals surface area contributed by atoms with E-state index in [0.29, 0.717) is 19.5 Å². The van der Waals surface area contributed by atoms with Gasteiger partial charge in [-0.2, -0.15) is 0 Å². The van der Waals surface area contributed by atoms with Gasteiger partial charge in [0, 0.05) is 32.0 Å². The summed E-state index contributed by atoms with van der Waals surface area (Å²) in [6.45, 7) is 3.75. The van der Waals surface area contributed by atoms with E-state index >= 15 is 0 Å². The number of aliphatic hydroxyl groups excluding tert-OH is 1. The molecule has 118 valence electrons. The SMILES string of the molecule is CC(CC(=O)NCC1CNCC1O)c1ccc(F)cc1.Cl. The summed E-state index contributed by atoms with van der Waals surface area (Å²) in [5, 5.41) is 15.6. The summed E-state index contributed by atoms with van der Waals surface area (Å²) >= 11 is 0. The van der Waals surface area contributed by atoms with E-state index in [1.54, 1.807) is 12.1 Å². The predicted molar refractivity (Wildman–Crippen MR) is 82.1 cm³/mol. The smallest absolute Gasteiger partial charge is 0.220 e. The van der Waals surface area contributed by atoms with Crippen LogP contribution in [0.2, 0.25) is 0 Å². The van der Waals surface area contributed by atoms with E-state index in [2.05, 4.69) is 10.6 Å². The molecule has 0 aliphatic carbocycles. The normalized spacial score (nSPS) is 22.4. The number of aliphatic hydroxyl groups is 1. The van der Waals surface area contributed by atoms with Crippen molar-refractivity contribution in [1.29, 1.82) is 0 Å². The van der Waals surface area contributed by atoms with Crippen molar-refractivity contribution in [1.82, 2.24) is 10.6 Å². The lowest BCUT2D eigenvalue weighted by atomic mass is 9.97. The highest BCUT2D eigenvalue weighted by molar-refractivity contribution is 5.85. The molecule has 0 radical (unpaired) electrons. The maximum Gasteiger partial charge on any atom is 0.220 e. The molecule has 0 spiro atoms. The summed E-state index contributed by atoms with van der Waals surface area (Å²) in [7, 11) is 0. The topological polar surface area (TPSA) is 61.4 Å². The molecule has 2 rings (SSSR count). The molecule has 1 fully saturated rings. The molecule has 0 saturated carbocycles. The molecule has 1 aliphatic heterocycles. The van der Waals surface area contributed by atoms with Crippen molar-refractivity contribution in [2.24, 2.45) is 5.92 Å². The van der Waals surface area contributed by atoms with Crippen LogP contribution in [-0.2, 0) is 4.79 Å². The van der Waals surface area contributed by atoms with E-state index in [9.17, 15) is 14.3 Å². The molecule has 6 heteroatoms. The summed E-state index contributed by atoms with van der Waals surface area (Å²) in [4.78, 5) is 11.9. The number of rotatable bonds is 5. The minimum atomic E-state index is -0.384. The van der Waals surface area contributed by atoms with Crippen molar-refractivity contribution in [3.05, 3.63) is 35.6 Å². The van der Waals surface area contributed by atoms with E-state index in [0.717, 1.165) is 12.1 Å². The molecule has 3 unspecified atom stereocenters. The maximum atomic E-state index is 12.8. The number of carbonyl (C=O) groups excluding carboxylic acids is 1. The van der Waals surface area contributed by atoms with Crippen molar-refractivity contribution in [2.75, 3.05) is 19.6 Å². The summed E-state index contributed by atoms with van der Waals surface area (Å²) < 4.78 is 12.8. The molecule has 3 N–H and O–H groups in total. The highest BCUT2D eigenvalue weighted by atomic mass is 35.5. The van der Waals surface area contributed by atoms with Gasteiger partial charge in [-0.1, -0.05) is 19.1 Å². The Bertz CT molecular complexity index is 455. The van der Waals surface area contributed by atoms with Crippen molar-refractivity contribution in [3.63, 3.8) is 0 Å². The zero-order valence-electron chi connectivity index (χ0n) is 12.0. The van der Waals surface area contributed by atoms with Gasteiger partial charge in [-0.05, 0) is 23.6 Å². The molecule has 4 nitrogen and oxygen atoms in total. The van der Waals surface area contributed by atoms with Crippen LogP contribution < -0.4 is 10.6 Å². The highest BCUT2D eigenvalue weighted by Gasteiger charge is 2.25. The average molecular weight is 317 g/mol. The first-order chi connectivity index (χ1) is 9.56. The minimum Gasteiger partial charge on any atom is -0.391 e. The van der Waals surface area contributed by atoms with Gasteiger partial charge in [0.1, 0.15) is 5.82 Å². The van der Waals surface area contributed by atoms with Gasteiger partial charge in [0.15, 0.2) is 0 Å². The van der Waals surface area contributed by atoms with E-state index in [-0.39, 0.29) is 42.1 Å². The van der Waals surface area contributed by atoms with E-state index in [4.69, 9.17) is 0 Å². The Morgan fingerprint density at radius 2 is 2.10 bits per heavy atom. The van der Waals surface area contributed by atoms with Gasteiger partial charge in [0.25, 0.3) is 0 Å². The number of nitrogens with one attached hydrogen (secondary N) is 2. The molecular weight excluding hydrogens is 295 g/mol. The summed E-state index contributed by atoms with van der Waals surface area (Å²) in [6.07, 6.45) is -0.0215. The Morgan fingerprint density at radius 1 is 1.43 bits per heavy atom. The minimum absolute atomic E-state index is 0. The Morgan fingerprint density at radius 3 is 2.67 bits per heavy atom. The molecule has 0 aromatic heterocycles. The quantitative estimate of drug-likeness (QED) is 0.770. The molecule has 3 atom stereocenters. The Balaban J connectivity index is 0.00000220. The third-order valence-electron chi connectivity index (χ3n) is 3.80. The van der Waals surface area contributed by atoms with Gasteiger partial charge < -0.3 is 15.7 Å². The number of carbonyl (C=O) groups is 1. The second-order valence-corrected chi connectivity index (χ2v) is 5.45. The van der Waals surface area contributed by atoms with Crippen LogP contribution in [0.5, 0.6) is 0 Å². The van der Waals surface area contributed by atoms with E-state index in [1.165, 1.54) is 12.1 Å². The Labute approximate surface area is 130 Å². The highest BCUT2D eigenvalue weighted by Crippen LogP contribution is 2.19. The first-order valence-corrected chi connectivity index (χ1v) is 6.97. The summed E-state index contributed by atoms with van der Waals surface area (Å²) in [5.41, 5.74) is 0.948. The molecule has 1 amide bonds. The number of hydrogen-bond acceptors (Lipinski definition) is 3. The fourth-order valence-corrected chi connectivity index (χ4v) is 2.43. The van der Waals surface area contributed by atoms with Gasteiger partial charge in [-0.3, -0.25) is 4.79 Å². The lowest BCUT2D eigenvalue weighted by molar-refractivity contribution is -0.121. The molecule has 1 saturated heterocycles. The van der Waals surface area contributed by atoms with Crippen molar-refractivity contribution < 1.29 is 14.3 Å². The third-order valence-corrected chi connectivity index (χ3v) is 3.80. The van der Waals surface area contributed by atoms with Crippen LogP contribution in [0.4, 0.5) is 4.39 Å². The molecule has 0 bridgehead atoms. The number of amides is 1. The van der Waals surface area contributed by atoms with Crippen LogP contribution in [0.25, 0.3) is 0 Å². The average Bonchev–Trinajstić information content (AvgIpc) is 2.82. The predicted octanol–water partition coefficient (Wildman–Crippen LogP) is 1.44. The first kappa shape index (κ1) is 17.9. The van der Waals surface area contributed by atoms with E-state index < -0.39 is 0 Å². The maximum absolute atomic E-state index is 12.8. The second kappa shape index (κ2) is 8.32. The Kier molecular flexibility index (Phi) is 7.08. The number of halogens is 2. The molecule has 1 heterocycles. The summed E-state index contributed by atoms with van der Waals surface area (Å²) in [6, 6.07) is 6.23. The van der Waals surface area contributed by atoms with Crippen LogP contribution in [-0.4, -0.2) is 36.8 Å². The van der Waals surface area contributed by atoms with Gasteiger partial charge in [0.2, 0.25) is 5.91 Å². The fourth-order valence-electron chi connectivity index (χ4n) is 2.43. The van der Waals surface area contributed by atoms with Crippen LogP contribution in [0.3, 0.4) is 0 Å². The molecular formula is C15H22ClFN2O2. The third kappa shape index (κ3) is 5.26. The zero-order chi connectivity index (χ0) is 14.5. The lowest BCUT2D eigenvalue weighted by Gasteiger charge is -2.16. The number of hydrogen-bond donors (Lipinski definition) is 3. The monoisotopic (exact) mass is 316 g/mol.